The van der Waals surface area contributed by atoms with Gasteiger partial charge in [0.1, 0.15) is 8.24 Å². The number of hydrogen-bond donors (Lipinski definition) is 1. The van der Waals surface area contributed by atoms with Crippen LogP contribution in [-0.4, -0.2) is 31.6 Å². The lowest BCUT2D eigenvalue weighted by Crippen LogP contribution is -2.54. The van der Waals surface area contributed by atoms with Crippen molar-refractivity contribution < 1.29 is 8.42 Å². The van der Waals surface area contributed by atoms with Crippen molar-refractivity contribution in [2.75, 3.05) is 0 Å². The van der Waals surface area contributed by atoms with Gasteiger partial charge in [-0.25, -0.2) is 12.8 Å². The van der Waals surface area contributed by atoms with Crippen molar-refractivity contribution in [3.05, 3.63) is 6.20 Å². The summed E-state index contributed by atoms with van der Waals surface area (Å²) >= 11 is 0. The van der Waals surface area contributed by atoms with E-state index in [1.807, 2.05) is 13.1 Å². The molecule has 108 valence electrons. The van der Waals surface area contributed by atoms with E-state index < -0.39 is 18.3 Å². The Labute approximate surface area is 115 Å². The molecule has 1 heterocycles. The fourth-order valence-corrected chi connectivity index (χ4v) is 6.11. The molecule has 0 aliphatic heterocycles. The molecule has 0 radical (unpaired) electrons. The average Bonchev–Trinajstić information content (AvgIpc) is 2.92. The van der Waals surface area contributed by atoms with E-state index in [0.717, 1.165) is 12.8 Å². The van der Waals surface area contributed by atoms with E-state index in [4.69, 9.17) is 0 Å². The first-order valence-corrected chi connectivity index (χ1v) is 11.0. The number of nitrogens with one attached hydrogen (secondary N) is 1. The zero-order valence-corrected chi connectivity index (χ0v) is 14.0. The van der Waals surface area contributed by atoms with Crippen molar-refractivity contribution in [1.29, 1.82) is 0 Å². The maximum atomic E-state index is 12.4. The lowest BCUT2D eigenvalue weighted by molar-refractivity contribution is 0.535. The first-order chi connectivity index (χ1) is 8.53. The van der Waals surface area contributed by atoms with Crippen LogP contribution in [0, 0.1) is 0 Å². The third kappa shape index (κ3) is 3.06. The molecule has 1 fully saturated rings. The summed E-state index contributed by atoms with van der Waals surface area (Å²) in [4.78, 5) is 1.51. The van der Waals surface area contributed by atoms with Gasteiger partial charge in [-0.1, -0.05) is 33.9 Å². The minimum Gasteiger partial charge on any atom is -0.231 e. The maximum absolute atomic E-state index is 12.4. The monoisotopic (exact) mass is 302 g/mol. The summed E-state index contributed by atoms with van der Waals surface area (Å²) in [6, 6.07) is 0.289. The summed E-state index contributed by atoms with van der Waals surface area (Å²) in [5.74, 6) is 0. The molecule has 0 aromatic carbocycles. The zero-order chi connectivity index (χ0) is 14.5. The molecular weight excluding hydrogens is 280 g/mol. The third-order valence-corrected chi connectivity index (χ3v) is 11.5. The topological polar surface area (TPSA) is 76.9 Å². The van der Waals surface area contributed by atoms with Gasteiger partial charge in [-0.05, 0) is 17.9 Å². The molecule has 2 rings (SSSR count). The van der Waals surface area contributed by atoms with Gasteiger partial charge >= 0.3 is 0 Å². The minimum atomic E-state index is -3.57. The van der Waals surface area contributed by atoms with Crippen LogP contribution in [0.3, 0.4) is 0 Å². The third-order valence-electron chi connectivity index (χ3n) is 3.90. The second-order valence-corrected chi connectivity index (χ2v) is 13.7. The van der Waals surface area contributed by atoms with Crippen LogP contribution in [0.4, 0.5) is 0 Å². The largest absolute Gasteiger partial charge is 0.255 e. The Morgan fingerprint density at radius 1 is 1.37 bits per heavy atom. The number of nitrogens with zero attached hydrogens (tertiary/aromatic N) is 3. The van der Waals surface area contributed by atoms with Crippen molar-refractivity contribution in [2.24, 2.45) is 0 Å². The molecule has 0 atom stereocenters. The van der Waals surface area contributed by atoms with E-state index in [-0.39, 0.29) is 16.1 Å². The molecule has 6 nitrogen and oxygen atoms in total. The molecule has 1 aromatic rings. The predicted molar refractivity (Wildman–Crippen MR) is 75.8 cm³/mol. The summed E-state index contributed by atoms with van der Waals surface area (Å²) in [7, 11) is -5.71. The Bertz CT molecular complexity index is 570. The minimum absolute atomic E-state index is 0.0317. The Morgan fingerprint density at radius 3 is 2.42 bits per heavy atom. The molecule has 1 aromatic heterocycles. The second-order valence-electron chi connectivity index (χ2n) is 6.71. The number of rotatable bonds is 4. The second kappa shape index (κ2) is 4.39. The molecule has 0 saturated heterocycles. The van der Waals surface area contributed by atoms with Crippen molar-refractivity contribution in [3.8, 4) is 0 Å². The normalized spacial score (nSPS) is 17.7. The van der Waals surface area contributed by atoms with Crippen molar-refractivity contribution in [2.45, 2.75) is 62.8 Å². The highest BCUT2D eigenvalue weighted by atomic mass is 32.2. The molecule has 1 aliphatic carbocycles. The van der Waals surface area contributed by atoms with E-state index in [0.29, 0.717) is 0 Å². The fourth-order valence-electron chi connectivity index (χ4n) is 1.41. The molecular formula is C11H22N4O2SSi. The van der Waals surface area contributed by atoms with E-state index in [9.17, 15) is 8.42 Å². The molecule has 0 bridgehead atoms. The van der Waals surface area contributed by atoms with Crippen LogP contribution in [0.1, 0.15) is 39.7 Å². The standard InChI is InChI=1S/C11H22N4O2SSi/c1-11(2,3)19(4,5)14-18(16,17)10-8-12-15(13-10)9-6-7-9/h8-9,14H,6-7H2,1-5H3. The van der Waals surface area contributed by atoms with Gasteiger partial charge < -0.3 is 0 Å². The van der Waals surface area contributed by atoms with Crippen LogP contribution < -0.4 is 4.39 Å². The summed E-state index contributed by atoms with van der Waals surface area (Å²) in [5.41, 5.74) is 0. The first-order valence-electron chi connectivity index (χ1n) is 6.49. The summed E-state index contributed by atoms with van der Waals surface area (Å²) in [6.45, 7) is 10.2. The van der Waals surface area contributed by atoms with Crippen molar-refractivity contribution >= 4 is 18.3 Å². The van der Waals surface area contributed by atoms with Crippen LogP contribution in [0.25, 0.3) is 0 Å². The van der Waals surface area contributed by atoms with Crippen molar-refractivity contribution in [1.82, 2.24) is 19.4 Å². The molecule has 0 unspecified atom stereocenters. The predicted octanol–water partition coefficient (Wildman–Crippen LogP) is 1.90. The maximum Gasteiger partial charge on any atom is 0.255 e. The van der Waals surface area contributed by atoms with E-state index in [2.05, 4.69) is 35.4 Å². The highest BCUT2D eigenvalue weighted by molar-refractivity contribution is 7.90. The Balaban J connectivity index is 2.22. The molecule has 1 aliphatic rings. The number of sulfonamides is 1. The van der Waals surface area contributed by atoms with Crippen LogP contribution >= 0.6 is 0 Å². The molecule has 1 saturated carbocycles. The van der Waals surface area contributed by atoms with Gasteiger partial charge in [0, 0.05) is 0 Å². The van der Waals surface area contributed by atoms with Gasteiger partial charge in [0.15, 0.2) is 0 Å². The number of aromatic nitrogens is 3. The SMILES string of the molecule is CC(C)(C)[Si](C)(C)NS(=O)(=O)c1cnn(C2CC2)n1. The fraction of sp³-hybridized carbons (Fsp3) is 0.818. The van der Waals surface area contributed by atoms with E-state index in [1.165, 1.54) is 11.0 Å². The van der Waals surface area contributed by atoms with Crippen LogP contribution in [-0.2, 0) is 10.0 Å². The van der Waals surface area contributed by atoms with Crippen LogP contribution in [0.5, 0.6) is 0 Å². The lowest BCUT2D eigenvalue weighted by Gasteiger charge is -2.36. The van der Waals surface area contributed by atoms with Crippen LogP contribution in [0.2, 0.25) is 18.1 Å². The first kappa shape index (κ1) is 14.7. The number of hydrogen-bond acceptors (Lipinski definition) is 4. The summed E-state index contributed by atoms with van der Waals surface area (Å²) < 4.78 is 27.6. The molecule has 1 N–H and O–H groups in total. The molecule has 0 amide bonds. The smallest absolute Gasteiger partial charge is 0.231 e. The zero-order valence-electron chi connectivity index (χ0n) is 12.1. The Morgan fingerprint density at radius 2 is 1.95 bits per heavy atom. The Hall–Kier alpha value is -0.733. The highest BCUT2D eigenvalue weighted by Crippen LogP contribution is 2.35. The highest BCUT2D eigenvalue weighted by Gasteiger charge is 2.40. The summed E-state index contributed by atoms with van der Waals surface area (Å²) in [5, 5.41) is 8.09. The molecule has 0 spiro atoms. The van der Waals surface area contributed by atoms with Crippen LogP contribution in [0.15, 0.2) is 11.2 Å². The van der Waals surface area contributed by atoms with Gasteiger partial charge in [-0.3, -0.25) is 0 Å². The molecule has 8 heteroatoms. The van der Waals surface area contributed by atoms with Gasteiger partial charge in [-0.15, -0.1) is 5.10 Å². The van der Waals surface area contributed by atoms with Gasteiger partial charge in [0.25, 0.3) is 10.0 Å². The quantitative estimate of drug-likeness (QED) is 0.862. The van der Waals surface area contributed by atoms with E-state index >= 15 is 0 Å². The van der Waals surface area contributed by atoms with Crippen molar-refractivity contribution in [3.63, 3.8) is 0 Å². The van der Waals surface area contributed by atoms with Gasteiger partial charge in [-0.2, -0.15) is 9.90 Å². The Kier molecular flexibility index (Phi) is 3.39. The van der Waals surface area contributed by atoms with E-state index in [1.54, 1.807) is 0 Å². The van der Waals surface area contributed by atoms with Gasteiger partial charge in [0.05, 0.1) is 12.2 Å². The summed E-state index contributed by atoms with van der Waals surface area (Å²) in [6.07, 6.45) is 3.40. The lowest BCUT2D eigenvalue weighted by atomic mass is 10.2. The van der Waals surface area contributed by atoms with Gasteiger partial charge in [0.2, 0.25) is 5.03 Å². The average molecular weight is 302 g/mol. The molecule has 19 heavy (non-hydrogen) atoms.